The molecule has 0 spiro atoms. The van der Waals surface area contributed by atoms with Crippen molar-refractivity contribution in [3.8, 4) is 0 Å². The van der Waals surface area contributed by atoms with E-state index in [4.69, 9.17) is 0 Å². The molecule has 26 heavy (non-hydrogen) atoms. The third-order valence-corrected chi connectivity index (χ3v) is 5.11. The van der Waals surface area contributed by atoms with Crippen molar-refractivity contribution in [3.63, 3.8) is 0 Å². The van der Waals surface area contributed by atoms with Gasteiger partial charge in [-0.2, -0.15) is 0 Å². The number of guanidine groups is 1. The van der Waals surface area contributed by atoms with E-state index in [2.05, 4.69) is 20.6 Å². The smallest absolute Gasteiger partial charge is 0.229 e. The second-order valence-electron chi connectivity index (χ2n) is 6.14. The van der Waals surface area contributed by atoms with Gasteiger partial charge in [0.2, 0.25) is 5.91 Å². The lowest BCUT2D eigenvalue weighted by atomic mass is 10.2. The van der Waals surface area contributed by atoms with Gasteiger partial charge in [-0.1, -0.05) is 18.2 Å². The van der Waals surface area contributed by atoms with Gasteiger partial charge >= 0.3 is 0 Å². The predicted molar refractivity (Wildman–Crippen MR) is 104 cm³/mol. The van der Waals surface area contributed by atoms with Crippen molar-refractivity contribution in [1.29, 1.82) is 0 Å². The number of carbonyl (C=O) groups is 1. The first kappa shape index (κ1) is 16.6. The number of nitrogens with zero attached hydrogens (tertiary/aromatic N) is 4. The number of anilines is 1. The molecule has 1 aromatic carbocycles. The summed E-state index contributed by atoms with van der Waals surface area (Å²) in [5.74, 6) is 0.799. The molecular weight excluding hydrogens is 348 g/mol. The van der Waals surface area contributed by atoms with Crippen molar-refractivity contribution >= 4 is 33.9 Å². The molecule has 8 heteroatoms. The Bertz CT molecular complexity index is 903. The van der Waals surface area contributed by atoms with E-state index < -0.39 is 0 Å². The van der Waals surface area contributed by atoms with Gasteiger partial charge in [0.15, 0.2) is 10.9 Å². The topological polar surface area (TPSA) is 74.0 Å². The number of thiazole rings is 1. The average molecular weight is 368 g/mol. The predicted octanol–water partition coefficient (Wildman–Crippen LogP) is 1.87. The van der Waals surface area contributed by atoms with Gasteiger partial charge in [-0.05, 0) is 12.1 Å². The summed E-state index contributed by atoms with van der Waals surface area (Å²) in [6, 6.07) is 9.78. The Morgan fingerprint density at radius 1 is 1.38 bits per heavy atom. The monoisotopic (exact) mass is 368 g/mol. The summed E-state index contributed by atoms with van der Waals surface area (Å²) in [6.45, 7) is 1.21. The van der Waals surface area contributed by atoms with Crippen molar-refractivity contribution in [2.24, 2.45) is 4.99 Å². The van der Waals surface area contributed by atoms with Crippen molar-refractivity contribution < 1.29 is 4.79 Å². The molecule has 1 aliphatic rings. The molecule has 1 saturated heterocycles. The number of fused-ring (bicyclic) bond motifs is 1. The Kier molecular flexibility index (Phi) is 4.57. The average Bonchev–Trinajstić information content (AvgIpc) is 3.34. The fraction of sp³-hybridized carbons (Fsp3) is 0.278. The third-order valence-electron chi connectivity index (χ3n) is 4.34. The minimum atomic E-state index is 0.0272. The van der Waals surface area contributed by atoms with Crippen LogP contribution in [0.1, 0.15) is 12.1 Å². The van der Waals surface area contributed by atoms with Crippen LogP contribution in [0.4, 0.5) is 5.69 Å². The summed E-state index contributed by atoms with van der Waals surface area (Å²) < 4.78 is 2.01. The minimum Gasteiger partial charge on any atom is -0.351 e. The molecule has 0 aliphatic carbocycles. The number of nitrogens with one attached hydrogen (secondary N) is 2. The van der Waals surface area contributed by atoms with Crippen LogP contribution in [0.3, 0.4) is 0 Å². The summed E-state index contributed by atoms with van der Waals surface area (Å²) in [4.78, 5) is 23.9. The molecular formula is C18H20N6OS. The largest absolute Gasteiger partial charge is 0.351 e. The molecule has 7 nitrogen and oxygen atoms in total. The maximum atomic E-state index is 12.3. The number of aliphatic imine (C=N–C) groups is 1. The fourth-order valence-electron chi connectivity index (χ4n) is 3.09. The highest BCUT2D eigenvalue weighted by atomic mass is 32.1. The number of rotatable bonds is 4. The number of hydrogen-bond donors (Lipinski definition) is 2. The molecule has 0 bridgehead atoms. The SMILES string of the molecule is CN=C(NCc1cn2ccsc2n1)NC1CC(=O)N(c2ccccc2)C1. The maximum Gasteiger partial charge on any atom is 0.229 e. The van der Waals surface area contributed by atoms with Crippen LogP contribution in [0.25, 0.3) is 4.96 Å². The number of para-hydroxylation sites is 1. The van der Waals surface area contributed by atoms with Crippen molar-refractivity contribution in [2.45, 2.75) is 19.0 Å². The number of imidazole rings is 1. The van der Waals surface area contributed by atoms with Gasteiger partial charge in [-0.3, -0.25) is 14.2 Å². The van der Waals surface area contributed by atoms with Gasteiger partial charge in [0.05, 0.1) is 18.3 Å². The van der Waals surface area contributed by atoms with Crippen molar-refractivity contribution in [3.05, 3.63) is 53.8 Å². The van der Waals surface area contributed by atoms with E-state index >= 15 is 0 Å². The van der Waals surface area contributed by atoms with E-state index in [0.717, 1.165) is 16.3 Å². The lowest BCUT2D eigenvalue weighted by molar-refractivity contribution is -0.117. The van der Waals surface area contributed by atoms with Gasteiger partial charge in [-0.25, -0.2) is 4.98 Å². The van der Waals surface area contributed by atoms with Gasteiger partial charge in [0, 0.05) is 43.5 Å². The van der Waals surface area contributed by atoms with Crippen LogP contribution >= 0.6 is 11.3 Å². The summed E-state index contributed by atoms with van der Waals surface area (Å²) in [7, 11) is 1.73. The Morgan fingerprint density at radius 2 is 2.23 bits per heavy atom. The number of aromatic nitrogens is 2. The number of benzene rings is 1. The highest BCUT2D eigenvalue weighted by molar-refractivity contribution is 7.15. The van der Waals surface area contributed by atoms with E-state index in [1.54, 1.807) is 18.4 Å². The Morgan fingerprint density at radius 3 is 3.00 bits per heavy atom. The molecule has 1 fully saturated rings. The van der Waals surface area contributed by atoms with E-state index in [1.165, 1.54) is 0 Å². The van der Waals surface area contributed by atoms with E-state index in [-0.39, 0.29) is 11.9 Å². The maximum absolute atomic E-state index is 12.3. The Balaban J connectivity index is 1.35. The zero-order valence-corrected chi connectivity index (χ0v) is 15.2. The van der Waals surface area contributed by atoms with Crippen LogP contribution in [0.5, 0.6) is 0 Å². The van der Waals surface area contributed by atoms with Crippen LogP contribution < -0.4 is 15.5 Å². The standard InChI is InChI=1S/C18H20N6OS/c1-19-17(20-10-14-11-23-7-8-26-18(23)22-14)21-13-9-16(25)24(12-13)15-5-3-2-4-6-15/h2-8,11,13H,9-10,12H2,1H3,(H2,19,20,21). The number of amides is 1. The van der Waals surface area contributed by atoms with Crippen molar-refractivity contribution in [1.82, 2.24) is 20.0 Å². The second kappa shape index (κ2) is 7.17. The molecule has 0 radical (unpaired) electrons. The highest BCUT2D eigenvalue weighted by Gasteiger charge is 2.31. The number of carbonyl (C=O) groups excluding carboxylic acids is 1. The first-order chi connectivity index (χ1) is 12.7. The van der Waals surface area contributed by atoms with Crippen LogP contribution in [0.2, 0.25) is 0 Å². The molecule has 1 atom stereocenters. The van der Waals surface area contributed by atoms with E-state index in [9.17, 15) is 4.79 Å². The molecule has 2 aromatic heterocycles. The molecule has 1 aliphatic heterocycles. The zero-order chi connectivity index (χ0) is 17.9. The van der Waals surface area contributed by atoms with Crippen LogP contribution in [0.15, 0.2) is 53.1 Å². The molecule has 0 saturated carbocycles. The lowest BCUT2D eigenvalue weighted by Crippen LogP contribution is -2.44. The molecule has 2 N–H and O–H groups in total. The molecule has 134 valence electrons. The Hall–Kier alpha value is -2.87. The van der Waals surface area contributed by atoms with Gasteiger partial charge in [-0.15, -0.1) is 11.3 Å². The quantitative estimate of drug-likeness (QED) is 0.545. The molecule has 1 amide bonds. The summed E-state index contributed by atoms with van der Waals surface area (Å²) in [5, 5.41) is 8.62. The normalized spacial score (nSPS) is 17.9. The van der Waals surface area contributed by atoms with Gasteiger partial charge in [0.25, 0.3) is 0 Å². The third kappa shape index (κ3) is 3.41. The summed E-state index contributed by atoms with van der Waals surface area (Å²) >= 11 is 1.61. The van der Waals surface area contributed by atoms with Gasteiger partial charge in [0.1, 0.15) is 0 Å². The zero-order valence-electron chi connectivity index (χ0n) is 14.4. The van der Waals surface area contributed by atoms with Crippen molar-refractivity contribution in [2.75, 3.05) is 18.5 Å². The molecule has 4 rings (SSSR count). The second-order valence-corrected chi connectivity index (χ2v) is 7.01. The van der Waals surface area contributed by atoms with Gasteiger partial charge < -0.3 is 15.5 Å². The van der Waals surface area contributed by atoms with Crippen LogP contribution in [0, 0.1) is 0 Å². The highest BCUT2D eigenvalue weighted by Crippen LogP contribution is 2.21. The van der Waals surface area contributed by atoms with E-state index in [1.807, 2.05) is 57.4 Å². The first-order valence-corrected chi connectivity index (χ1v) is 9.34. The van der Waals surface area contributed by atoms with Crippen LogP contribution in [-0.4, -0.2) is 40.9 Å². The lowest BCUT2D eigenvalue weighted by Gasteiger charge is -2.18. The molecule has 3 heterocycles. The summed E-state index contributed by atoms with van der Waals surface area (Å²) in [5.41, 5.74) is 1.89. The molecule has 3 aromatic rings. The first-order valence-electron chi connectivity index (χ1n) is 8.46. The fourth-order valence-corrected chi connectivity index (χ4v) is 3.80. The minimum absolute atomic E-state index is 0.0272. The molecule has 1 unspecified atom stereocenters. The number of hydrogen-bond acceptors (Lipinski definition) is 4. The Labute approximate surface area is 155 Å². The van der Waals surface area contributed by atoms with E-state index in [0.29, 0.717) is 25.5 Å². The van der Waals surface area contributed by atoms with Crippen LogP contribution in [-0.2, 0) is 11.3 Å². The summed E-state index contributed by atoms with van der Waals surface area (Å²) in [6.07, 6.45) is 4.45.